The fourth-order valence-electron chi connectivity index (χ4n) is 2.68. The van der Waals surface area contributed by atoms with Gasteiger partial charge in [0.2, 0.25) is 0 Å². The topological polar surface area (TPSA) is 72.5 Å². The lowest BCUT2D eigenvalue weighted by molar-refractivity contribution is 0.139. The second-order valence-corrected chi connectivity index (χ2v) is 9.41. The average Bonchev–Trinajstić information content (AvgIpc) is 3.22. The number of thiophene rings is 1. The fraction of sp³-hybridized carbons (Fsp3) is 0.190. The number of benzene rings is 2. The van der Waals surface area contributed by atoms with Crippen LogP contribution in [0, 0.1) is 6.92 Å². The number of nitrogens with one attached hydrogen (secondary N) is 1. The molecule has 1 amide bonds. The molecule has 146 valence electrons. The zero-order chi connectivity index (χ0) is 20.0. The van der Waals surface area contributed by atoms with Crippen molar-refractivity contribution in [1.29, 1.82) is 0 Å². The van der Waals surface area contributed by atoms with Crippen LogP contribution in [0.5, 0.6) is 0 Å². The number of alkyl carbamates (subject to hydrolysis) is 1. The Bertz CT molecular complexity index is 998. The molecular formula is C21H21NO4S2. The molecule has 0 fully saturated rings. The van der Waals surface area contributed by atoms with E-state index in [1.807, 2.05) is 42.6 Å². The van der Waals surface area contributed by atoms with Crippen LogP contribution >= 0.6 is 11.3 Å². The number of carbonyl (C=O) groups is 1. The van der Waals surface area contributed by atoms with Crippen LogP contribution in [-0.2, 0) is 21.2 Å². The molecule has 1 heterocycles. The van der Waals surface area contributed by atoms with Crippen molar-refractivity contribution in [3.63, 3.8) is 0 Å². The van der Waals surface area contributed by atoms with Gasteiger partial charge in [0.15, 0.2) is 9.84 Å². The highest BCUT2D eigenvalue weighted by Gasteiger charge is 2.30. The Morgan fingerprint density at radius 3 is 2.39 bits per heavy atom. The molecule has 1 N–H and O–H groups in total. The van der Waals surface area contributed by atoms with Gasteiger partial charge in [-0.2, -0.15) is 0 Å². The average molecular weight is 416 g/mol. The minimum atomic E-state index is -3.66. The SMILES string of the molecule is Cc1ccc(S(=O)(=O)[C@@H](CNC(=O)OCc2ccccc2)c2cccs2)cc1. The molecular weight excluding hydrogens is 394 g/mol. The maximum Gasteiger partial charge on any atom is 0.407 e. The van der Waals surface area contributed by atoms with Crippen LogP contribution in [0.25, 0.3) is 0 Å². The molecule has 2 aromatic carbocycles. The van der Waals surface area contributed by atoms with Crippen molar-refractivity contribution >= 4 is 27.3 Å². The first kappa shape index (κ1) is 20.1. The number of sulfone groups is 1. The van der Waals surface area contributed by atoms with E-state index in [1.165, 1.54) is 11.3 Å². The van der Waals surface area contributed by atoms with Crippen molar-refractivity contribution in [1.82, 2.24) is 5.32 Å². The van der Waals surface area contributed by atoms with E-state index in [2.05, 4.69) is 5.32 Å². The standard InChI is InChI=1S/C21H21NO4S2/c1-16-9-11-18(12-10-16)28(24,25)20(19-8-5-13-27-19)14-22-21(23)26-15-17-6-3-2-4-7-17/h2-13,20H,14-15H2,1H3,(H,22,23)/t20-/m0/s1. The van der Waals surface area contributed by atoms with Crippen molar-refractivity contribution < 1.29 is 17.9 Å². The first-order valence-electron chi connectivity index (χ1n) is 8.75. The molecule has 0 spiro atoms. The molecule has 0 aliphatic carbocycles. The molecule has 0 unspecified atom stereocenters. The number of carbonyl (C=O) groups excluding carboxylic acids is 1. The summed E-state index contributed by atoms with van der Waals surface area (Å²) in [6.45, 7) is 1.96. The van der Waals surface area contributed by atoms with Crippen LogP contribution in [0.3, 0.4) is 0 Å². The number of hydrogen-bond donors (Lipinski definition) is 1. The fourth-order valence-corrected chi connectivity index (χ4v) is 5.46. The smallest absolute Gasteiger partial charge is 0.407 e. The Labute approximate surface area is 168 Å². The summed E-state index contributed by atoms with van der Waals surface area (Å²) in [6, 6.07) is 19.6. The van der Waals surface area contributed by atoms with Gasteiger partial charge in [-0.3, -0.25) is 0 Å². The van der Waals surface area contributed by atoms with E-state index in [1.54, 1.807) is 36.4 Å². The van der Waals surface area contributed by atoms with Gasteiger partial charge in [-0.1, -0.05) is 54.1 Å². The van der Waals surface area contributed by atoms with Gasteiger partial charge >= 0.3 is 6.09 Å². The summed E-state index contributed by atoms with van der Waals surface area (Å²) in [6.07, 6.45) is -0.649. The van der Waals surface area contributed by atoms with Crippen molar-refractivity contribution in [2.45, 2.75) is 23.7 Å². The molecule has 3 aromatic rings. The summed E-state index contributed by atoms with van der Waals surface area (Å²) in [5.41, 5.74) is 1.84. The lowest BCUT2D eigenvalue weighted by Crippen LogP contribution is -2.32. The van der Waals surface area contributed by atoms with E-state index in [0.29, 0.717) is 4.88 Å². The lowest BCUT2D eigenvalue weighted by Gasteiger charge is -2.17. The van der Waals surface area contributed by atoms with Crippen LogP contribution in [0.15, 0.2) is 77.0 Å². The predicted molar refractivity (Wildman–Crippen MR) is 110 cm³/mol. The third-order valence-corrected chi connectivity index (χ3v) is 7.46. The van der Waals surface area contributed by atoms with Gasteiger partial charge in [0.1, 0.15) is 11.9 Å². The molecule has 5 nitrogen and oxygen atoms in total. The molecule has 0 radical (unpaired) electrons. The van der Waals surface area contributed by atoms with Crippen molar-refractivity contribution in [3.05, 3.63) is 88.1 Å². The Kier molecular flexibility index (Phi) is 6.49. The summed E-state index contributed by atoms with van der Waals surface area (Å²) in [7, 11) is -3.66. The molecule has 0 aliphatic heterocycles. The monoisotopic (exact) mass is 415 g/mol. The highest BCUT2D eigenvalue weighted by molar-refractivity contribution is 7.91. The summed E-state index contributed by atoms with van der Waals surface area (Å²) >= 11 is 1.35. The highest BCUT2D eigenvalue weighted by Crippen LogP contribution is 2.31. The summed E-state index contributed by atoms with van der Waals surface area (Å²) in [5, 5.41) is 3.54. The molecule has 1 aromatic heterocycles. The molecule has 0 saturated carbocycles. The van der Waals surface area contributed by atoms with Gasteiger partial charge in [-0.25, -0.2) is 13.2 Å². The molecule has 3 rings (SSSR count). The van der Waals surface area contributed by atoms with E-state index in [4.69, 9.17) is 4.74 Å². The van der Waals surface area contributed by atoms with Crippen molar-refractivity contribution in [3.8, 4) is 0 Å². The quantitative estimate of drug-likeness (QED) is 0.617. The zero-order valence-electron chi connectivity index (χ0n) is 15.4. The van der Waals surface area contributed by atoms with Gasteiger partial charge in [0.05, 0.1) is 4.90 Å². The molecule has 0 bridgehead atoms. The zero-order valence-corrected chi connectivity index (χ0v) is 17.0. The van der Waals surface area contributed by atoms with Crippen LogP contribution in [0.1, 0.15) is 21.3 Å². The highest BCUT2D eigenvalue weighted by atomic mass is 32.2. The number of ether oxygens (including phenoxy) is 1. The van der Waals surface area contributed by atoms with Crippen LogP contribution in [0.4, 0.5) is 4.79 Å². The van der Waals surface area contributed by atoms with Crippen molar-refractivity contribution in [2.75, 3.05) is 6.54 Å². The predicted octanol–water partition coefficient (Wildman–Crippen LogP) is 4.50. The van der Waals surface area contributed by atoms with E-state index >= 15 is 0 Å². The number of hydrogen-bond acceptors (Lipinski definition) is 5. The minimum absolute atomic E-state index is 0.0651. The van der Waals surface area contributed by atoms with Gasteiger partial charge in [0, 0.05) is 11.4 Å². The second kappa shape index (κ2) is 9.03. The molecule has 0 saturated heterocycles. The Balaban J connectivity index is 1.71. The summed E-state index contributed by atoms with van der Waals surface area (Å²) in [4.78, 5) is 13.0. The Hall–Kier alpha value is -2.64. The van der Waals surface area contributed by atoms with Crippen molar-refractivity contribution in [2.24, 2.45) is 0 Å². The van der Waals surface area contributed by atoms with Crippen LogP contribution in [0.2, 0.25) is 0 Å². The van der Waals surface area contributed by atoms with Gasteiger partial charge < -0.3 is 10.1 Å². The number of rotatable bonds is 7. The number of amides is 1. The molecule has 1 atom stereocenters. The van der Waals surface area contributed by atoms with E-state index in [9.17, 15) is 13.2 Å². The second-order valence-electron chi connectivity index (χ2n) is 6.30. The number of aryl methyl sites for hydroxylation is 1. The maximum atomic E-state index is 13.1. The normalized spacial score (nSPS) is 12.3. The maximum absolute atomic E-state index is 13.1. The summed E-state index contributed by atoms with van der Waals surface area (Å²) in [5.74, 6) is 0. The van der Waals surface area contributed by atoms with Crippen LogP contribution in [-0.4, -0.2) is 21.1 Å². The lowest BCUT2D eigenvalue weighted by atomic mass is 10.2. The summed E-state index contributed by atoms with van der Waals surface area (Å²) < 4.78 is 31.5. The third kappa shape index (κ3) is 4.99. The Morgan fingerprint density at radius 2 is 1.75 bits per heavy atom. The molecule has 0 aliphatic rings. The largest absolute Gasteiger partial charge is 0.445 e. The van der Waals surface area contributed by atoms with Gasteiger partial charge in [-0.05, 0) is 36.1 Å². The first-order valence-corrected chi connectivity index (χ1v) is 11.2. The van der Waals surface area contributed by atoms with Crippen LogP contribution < -0.4 is 5.32 Å². The van der Waals surface area contributed by atoms with E-state index in [-0.39, 0.29) is 18.0 Å². The van der Waals surface area contributed by atoms with Gasteiger partial charge in [-0.15, -0.1) is 11.3 Å². The van der Waals surface area contributed by atoms with Gasteiger partial charge in [0.25, 0.3) is 0 Å². The third-order valence-electron chi connectivity index (χ3n) is 4.23. The molecule has 7 heteroatoms. The minimum Gasteiger partial charge on any atom is -0.445 e. The van der Waals surface area contributed by atoms with E-state index in [0.717, 1.165) is 11.1 Å². The Morgan fingerprint density at radius 1 is 1.04 bits per heavy atom. The first-order chi connectivity index (χ1) is 13.5. The molecule has 28 heavy (non-hydrogen) atoms. The van der Waals surface area contributed by atoms with E-state index < -0.39 is 21.2 Å².